The first-order chi connectivity index (χ1) is 8.67. The summed E-state index contributed by atoms with van der Waals surface area (Å²) in [5, 5.41) is 8.67. The van der Waals surface area contributed by atoms with E-state index in [9.17, 15) is 4.79 Å². The minimum absolute atomic E-state index is 0.231. The fraction of sp³-hybridized carbons (Fsp3) is 0.417. The molecule has 0 saturated heterocycles. The number of methoxy groups -OCH3 is 1. The lowest BCUT2D eigenvalue weighted by molar-refractivity contribution is 0.174. The Morgan fingerprint density at radius 1 is 1.44 bits per heavy atom. The van der Waals surface area contributed by atoms with E-state index in [1.54, 1.807) is 0 Å². The number of nitrogens with two attached hydrogens (primary N) is 1. The molecule has 0 atom stereocenters. The van der Waals surface area contributed by atoms with Gasteiger partial charge in [0.15, 0.2) is 11.5 Å². The molecule has 1 aromatic rings. The SMILES string of the molecule is COC(N)=O.OCCCc1ccc2c(c1)OCO2. The first kappa shape index (κ1) is 14.1. The number of hydrogen-bond donors (Lipinski definition) is 2. The van der Waals surface area contributed by atoms with Gasteiger partial charge >= 0.3 is 6.09 Å². The number of amides is 1. The summed E-state index contributed by atoms with van der Waals surface area (Å²) in [5.74, 6) is 1.63. The van der Waals surface area contributed by atoms with Gasteiger partial charge in [0, 0.05) is 6.61 Å². The summed E-state index contributed by atoms with van der Waals surface area (Å²) < 4.78 is 14.3. The Labute approximate surface area is 105 Å². The molecule has 100 valence electrons. The van der Waals surface area contributed by atoms with Crippen molar-refractivity contribution in [2.75, 3.05) is 20.5 Å². The van der Waals surface area contributed by atoms with Crippen molar-refractivity contribution in [1.82, 2.24) is 0 Å². The maximum Gasteiger partial charge on any atom is 0.404 e. The topological polar surface area (TPSA) is 91.0 Å². The van der Waals surface area contributed by atoms with Crippen LogP contribution in [-0.4, -0.2) is 31.7 Å². The molecule has 0 saturated carbocycles. The number of aliphatic hydroxyl groups is 1. The fourth-order valence-electron chi connectivity index (χ4n) is 1.38. The molecule has 1 heterocycles. The number of carbonyl (C=O) groups is 1. The van der Waals surface area contributed by atoms with E-state index in [1.165, 1.54) is 12.7 Å². The summed E-state index contributed by atoms with van der Waals surface area (Å²) in [6, 6.07) is 5.89. The summed E-state index contributed by atoms with van der Waals surface area (Å²) in [7, 11) is 1.22. The molecule has 2 rings (SSSR count). The van der Waals surface area contributed by atoms with Crippen LogP contribution in [0.15, 0.2) is 18.2 Å². The van der Waals surface area contributed by atoms with Gasteiger partial charge in [-0.1, -0.05) is 6.07 Å². The van der Waals surface area contributed by atoms with Gasteiger partial charge in [0.05, 0.1) is 7.11 Å². The predicted molar refractivity (Wildman–Crippen MR) is 64.6 cm³/mol. The normalized spacial score (nSPS) is 11.4. The third-order valence-electron chi connectivity index (χ3n) is 2.26. The van der Waals surface area contributed by atoms with Gasteiger partial charge in [-0.25, -0.2) is 4.79 Å². The molecule has 1 aromatic carbocycles. The largest absolute Gasteiger partial charge is 0.454 e. The van der Waals surface area contributed by atoms with Crippen LogP contribution < -0.4 is 15.2 Å². The van der Waals surface area contributed by atoms with Crippen molar-refractivity contribution in [3.8, 4) is 11.5 Å². The second-order valence-electron chi connectivity index (χ2n) is 3.54. The van der Waals surface area contributed by atoms with Crippen molar-refractivity contribution in [2.24, 2.45) is 5.73 Å². The van der Waals surface area contributed by atoms with Crippen molar-refractivity contribution < 1.29 is 24.1 Å². The van der Waals surface area contributed by atoms with E-state index in [-0.39, 0.29) is 6.61 Å². The Hall–Kier alpha value is -1.95. The fourth-order valence-corrected chi connectivity index (χ4v) is 1.38. The Morgan fingerprint density at radius 2 is 2.11 bits per heavy atom. The Kier molecular flexibility index (Phi) is 5.79. The molecule has 3 N–H and O–H groups in total. The van der Waals surface area contributed by atoms with Crippen LogP contribution in [-0.2, 0) is 11.2 Å². The first-order valence-corrected chi connectivity index (χ1v) is 5.50. The summed E-state index contributed by atoms with van der Waals surface area (Å²) >= 11 is 0. The number of primary amides is 1. The zero-order chi connectivity index (χ0) is 13.4. The lowest BCUT2D eigenvalue weighted by Gasteiger charge is -2.00. The van der Waals surface area contributed by atoms with Crippen LogP contribution in [0.1, 0.15) is 12.0 Å². The molecule has 6 heteroatoms. The lowest BCUT2D eigenvalue weighted by atomic mass is 10.1. The average molecular weight is 255 g/mol. The second-order valence-corrected chi connectivity index (χ2v) is 3.54. The molecule has 0 spiro atoms. The molecule has 1 amide bonds. The number of benzene rings is 1. The highest BCUT2D eigenvalue weighted by Crippen LogP contribution is 2.32. The third kappa shape index (κ3) is 4.50. The van der Waals surface area contributed by atoms with Crippen LogP contribution in [0.4, 0.5) is 4.79 Å². The lowest BCUT2D eigenvalue weighted by Crippen LogP contribution is -2.08. The highest BCUT2D eigenvalue weighted by Gasteiger charge is 2.12. The van der Waals surface area contributed by atoms with Crippen molar-refractivity contribution in [3.63, 3.8) is 0 Å². The van der Waals surface area contributed by atoms with Crippen molar-refractivity contribution in [3.05, 3.63) is 23.8 Å². The quantitative estimate of drug-likeness (QED) is 0.842. The molecule has 1 aliphatic heterocycles. The van der Waals surface area contributed by atoms with Crippen LogP contribution in [0, 0.1) is 0 Å². The zero-order valence-corrected chi connectivity index (χ0v) is 10.2. The molecule has 6 nitrogen and oxygen atoms in total. The van der Waals surface area contributed by atoms with Gasteiger partial charge < -0.3 is 25.1 Å². The van der Waals surface area contributed by atoms with Crippen LogP contribution in [0.2, 0.25) is 0 Å². The molecule has 0 aliphatic carbocycles. The van der Waals surface area contributed by atoms with Crippen molar-refractivity contribution in [2.45, 2.75) is 12.8 Å². The van der Waals surface area contributed by atoms with Gasteiger partial charge in [0.1, 0.15) is 0 Å². The van der Waals surface area contributed by atoms with Gasteiger partial charge in [-0.2, -0.15) is 0 Å². The number of aryl methyl sites for hydroxylation is 1. The molecule has 0 unspecified atom stereocenters. The van der Waals surface area contributed by atoms with Gasteiger partial charge in [-0.05, 0) is 30.5 Å². The summed E-state index contributed by atoms with van der Waals surface area (Å²) in [4.78, 5) is 9.37. The maximum absolute atomic E-state index is 9.37. The maximum atomic E-state index is 9.37. The molecule has 0 bridgehead atoms. The number of rotatable bonds is 3. The summed E-state index contributed by atoms with van der Waals surface area (Å²) in [5.41, 5.74) is 5.61. The monoisotopic (exact) mass is 255 g/mol. The van der Waals surface area contributed by atoms with E-state index in [4.69, 9.17) is 14.6 Å². The Morgan fingerprint density at radius 3 is 2.72 bits per heavy atom. The molecular formula is C12H17NO5. The molecule has 0 aromatic heterocycles. The molecule has 0 fully saturated rings. The summed E-state index contributed by atoms with van der Waals surface area (Å²) in [6.07, 6.45) is 0.928. The van der Waals surface area contributed by atoms with Gasteiger partial charge in [0.2, 0.25) is 6.79 Å². The van der Waals surface area contributed by atoms with E-state index in [0.717, 1.165) is 24.3 Å². The first-order valence-electron chi connectivity index (χ1n) is 5.50. The number of aliphatic hydroxyl groups excluding tert-OH is 1. The van der Waals surface area contributed by atoms with E-state index in [1.807, 2.05) is 18.2 Å². The van der Waals surface area contributed by atoms with Crippen molar-refractivity contribution in [1.29, 1.82) is 0 Å². The number of fused-ring (bicyclic) bond motifs is 1. The van der Waals surface area contributed by atoms with Gasteiger partial charge in [-0.3, -0.25) is 0 Å². The Bertz CT molecular complexity index is 394. The van der Waals surface area contributed by atoms with E-state index in [0.29, 0.717) is 6.79 Å². The predicted octanol–water partition coefficient (Wildman–Crippen LogP) is 1.05. The minimum Gasteiger partial charge on any atom is -0.454 e. The van der Waals surface area contributed by atoms with Crippen molar-refractivity contribution >= 4 is 6.09 Å². The molecule has 1 aliphatic rings. The van der Waals surface area contributed by atoms with Crippen LogP contribution in [0.25, 0.3) is 0 Å². The molecular weight excluding hydrogens is 238 g/mol. The Balaban J connectivity index is 0.000000280. The highest BCUT2D eigenvalue weighted by atomic mass is 16.7. The highest BCUT2D eigenvalue weighted by molar-refractivity contribution is 5.64. The second kappa shape index (κ2) is 7.39. The standard InChI is InChI=1S/C10H12O3.C2H5NO2/c11-5-1-2-8-3-4-9-10(6-8)13-7-12-9;1-5-2(3)4/h3-4,6,11H,1-2,5,7H2;1H3,(H2,3,4). The summed E-state index contributed by atoms with van der Waals surface area (Å²) in [6.45, 7) is 0.549. The minimum atomic E-state index is -0.745. The molecule has 0 radical (unpaired) electrons. The van der Waals surface area contributed by atoms with Crippen LogP contribution in [0.5, 0.6) is 11.5 Å². The number of hydrogen-bond acceptors (Lipinski definition) is 5. The number of carbonyl (C=O) groups excluding carboxylic acids is 1. The smallest absolute Gasteiger partial charge is 0.404 e. The average Bonchev–Trinajstić information content (AvgIpc) is 2.84. The van der Waals surface area contributed by atoms with Gasteiger partial charge in [0.25, 0.3) is 0 Å². The van der Waals surface area contributed by atoms with Crippen LogP contribution in [0.3, 0.4) is 0 Å². The van der Waals surface area contributed by atoms with Crippen LogP contribution >= 0.6 is 0 Å². The zero-order valence-electron chi connectivity index (χ0n) is 10.2. The van der Waals surface area contributed by atoms with E-state index >= 15 is 0 Å². The molecule has 18 heavy (non-hydrogen) atoms. The number of ether oxygens (including phenoxy) is 3. The van der Waals surface area contributed by atoms with E-state index in [2.05, 4.69) is 10.5 Å². The third-order valence-corrected chi connectivity index (χ3v) is 2.26. The van der Waals surface area contributed by atoms with Gasteiger partial charge in [-0.15, -0.1) is 0 Å². The van der Waals surface area contributed by atoms with E-state index < -0.39 is 6.09 Å².